The van der Waals surface area contributed by atoms with E-state index in [1.807, 2.05) is 6.92 Å². The Bertz CT molecular complexity index is 623. The van der Waals surface area contributed by atoms with Crippen LogP contribution < -0.4 is 5.73 Å². The third-order valence-corrected chi connectivity index (χ3v) is 3.31. The lowest BCUT2D eigenvalue weighted by atomic mass is 10.1. The van der Waals surface area contributed by atoms with Gasteiger partial charge in [0.05, 0.1) is 16.7 Å². The second kappa shape index (κ2) is 3.26. The molecule has 1 saturated carbocycles. The molecule has 0 amide bonds. The van der Waals surface area contributed by atoms with E-state index in [1.54, 1.807) is 12.1 Å². The van der Waals surface area contributed by atoms with Gasteiger partial charge in [0.1, 0.15) is 0 Å². The van der Waals surface area contributed by atoms with Crippen molar-refractivity contribution in [1.82, 2.24) is 9.38 Å². The fourth-order valence-corrected chi connectivity index (χ4v) is 2.13. The molecule has 1 fully saturated rings. The van der Waals surface area contributed by atoms with E-state index in [0.717, 1.165) is 9.96 Å². The number of fused-ring (bicyclic) bond motifs is 1. The molecule has 96 valence electrons. The number of nitrogens with zero attached hydrogens (tertiary/aromatic N) is 2. The van der Waals surface area contributed by atoms with Crippen molar-refractivity contribution in [3.8, 4) is 0 Å². The molecular weight excluding hydrogens is 243 g/mol. The number of aromatic nitrogens is 2. The van der Waals surface area contributed by atoms with Gasteiger partial charge in [0.2, 0.25) is 5.82 Å². The molecule has 2 aromatic heterocycles. The van der Waals surface area contributed by atoms with Gasteiger partial charge in [0, 0.05) is 6.20 Å². The zero-order valence-electron chi connectivity index (χ0n) is 9.75. The van der Waals surface area contributed by atoms with Gasteiger partial charge in [-0.2, -0.15) is 13.2 Å². The maximum atomic E-state index is 12.9. The second-order valence-electron chi connectivity index (χ2n) is 4.90. The van der Waals surface area contributed by atoms with Crippen molar-refractivity contribution in [2.75, 3.05) is 0 Å². The molecule has 18 heavy (non-hydrogen) atoms. The molecule has 2 N–H and O–H groups in total. The topological polar surface area (TPSA) is 43.3 Å². The van der Waals surface area contributed by atoms with Crippen molar-refractivity contribution < 1.29 is 13.2 Å². The number of imidazole rings is 1. The van der Waals surface area contributed by atoms with Gasteiger partial charge in [-0.05, 0) is 37.5 Å². The first-order valence-electron chi connectivity index (χ1n) is 5.66. The smallest absolute Gasteiger partial charge is 0.320 e. The predicted molar refractivity (Wildman–Crippen MR) is 60.0 cm³/mol. The highest BCUT2D eigenvalue weighted by molar-refractivity contribution is 5.59. The Morgan fingerprint density at radius 1 is 1.39 bits per heavy atom. The summed E-state index contributed by atoms with van der Waals surface area (Å²) < 4.78 is 39.8. The van der Waals surface area contributed by atoms with E-state index >= 15 is 0 Å². The third-order valence-electron chi connectivity index (χ3n) is 3.31. The zero-order chi connectivity index (χ0) is 13.1. The first-order chi connectivity index (χ1) is 8.31. The summed E-state index contributed by atoms with van der Waals surface area (Å²) in [7, 11) is 0. The van der Waals surface area contributed by atoms with Crippen LogP contribution >= 0.6 is 0 Å². The van der Waals surface area contributed by atoms with Gasteiger partial charge >= 0.3 is 6.18 Å². The highest BCUT2D eigenvalue weighted by Crippen LogP contribution is 2.45. The number of rotatable bonds is 1. The average Bonchev–Trinajstić information content (AvgIpc) is 2.88. The number of nitrogens with two attached hydrogens (primary N) is 1. The average molecular weight is 255 g/mol. The van der Waals surface area contributed by atoms with Crippen LogP contribution in [0.25, 0.3) is 5.52 Å². The molecule has 0 saturated heterocycles. The minimum Gasteiger partial charge on any atom is -0.320 e. The van der Waals surface area contributed by atoms with E-state index in [2.05, 4.69) is 4.98 Å². The first-order valence-corrected chi connectivity index (χ1v) is 5.66. The van der Waals surface area contributed by atoms with Gasteiger partial charge in [-0.3, -0.25) is 4.40 Å². The summed E-state index contributed by atoms with van der Waals surface area (Å²) in [5.41, 5.74) is 7.03. The molecule has 1 aliphatic rings. The van der Waals surface area contributed by atoms with Gasteiger partial charge < -0.3 is 5.73 Å². The predicted octanol–water partition coefficient (Wildman–Crippen LogP) is 2.61. The lowest BCUT2D eigenvalue weighted by Gasteiger charge is -2.05. The lowest BCUT2D eigenvalue weighted by molar-refractivity contribution is -0.145. The SMILES string of the molecule is Cc1ccn2c(C(F)(F)F)nc(C3(N)CC3)c2c1. The van der Waals surface area contributed by atoms with Gasteiger partial charge in [0.25, 0.3) is 0 Å². The molecule has 3 rings (SSSR count). The van der Waals surface area contributed by atoms with Crippen molar-refractivity contribution >= 4 is 5.52 Å². The van der Waals surface area contributed by atoms with Crippen LogP contribution in [0.2, 0.25) is 0 Å². The summed E-state index contributed by atoms with van der Waals surface area (Å²) in [5, 5.41) is 0. The Morgan fingerprint density at radius 2 is 2.06 bits per heavy atom. The number of alkyl halides is 3. The largest absolute Gasteiger partial charge is 0.450 e. The molecule has 0 atom stereocenters. The van der Waals surface area contributed by atoms with Crippen molar-refractivity contribution in [3.05, 3.63) is 35.4 Å². The van der Waals surface area contributed by atoms with Crippen molar-refractivity contribution in [2.24, 2.45) is 5.73 Å². The van der Waals surface area contributed by atoms with Crippen LogP contribution in [0.4, 0.5) is 13.2 Å². The van der Waals surface area contributed by atoms with Crippen molar-refractivity contribution in [2.45, 2.75) is 31.5 Å². The summed E-state index contributed by atoms with van der Waals surface area (Å²) >= 11 is 0. The second-order valence-corrected chi connectivity index (χ2v) is 4.90. The van der Waals surface area contributed by atoms with Gasteiger partial charge in [-0.15, -0.1) is 0 Å². The summed E-state index contributed by atoms with van der Waals surface area (Å²) in [6.45, 7) is 1.83. The van der Waals surface area contributed by atoms with E-state index in [-0.39, 0.29) is 0 Å². The minimum absolute atomic E-state index is 0.360. The Kier molecular flexibility index (Phi) is 2.09. The summed E-state index contributed by atoms with van der Waals surface area (Å²) in [4.78, 5) is 3.75. The molecule has 0 aliphatic heterocycles. The molecule has 0 radical (unpaired) electrons. The molecule has 2 heterocycles. The highest BCUT2D eigenvalue weighted by Gasteiger charge is 2.46. The normalized spacial score (nSPS) is 18.3. The van der Waals surface area contributed by atoms with Crippen LogP contribution in [0.15, 0.2) is 18.3 Å². The number of hydrogen-bond donors (Lipinski definition) is 1. The summed E-state index contributed by atoms with van der Waals surface area (Å²) in [6, 6.07) is 3.33. The van der Waals surface area contributed by atoms with E-state index in [4.69, 9.17) is 5.73 Å². The van der Waals surface area contributed by atoms with E-state index in [9.17, 15) is 13.2 Å². The van der Waals surface area contributed by atoms with Gasteiger partial charge in [-0.25, -0.2) is 4.98 Å². The lowest BCUT2D eigenvalue weighted by Crippen LogP contribution is -2.20. The molecule has 6 heteroatoms. The van der Waals surface area contributed by atoms with Crippen LogP contribution in [-0.4, -0.2) is 9.38 Å². The number of hydrogen-bond acceptors (Lipinski definition) is 2. The van der Waals surface area contributed by atoms with Crippen LogP contribution in [0, 0.1) is 6.92 Å². The molecule has 0 bridgehead atoms. The molecule has 0 unspecified atom stereocenters. The molecule has 0 aromatic carbocycles. The van der Waals surface area contributed by atoms with Crippen LogP contribution in [0.5, 0.6) is 0 Å². The number of pyridine rings is 1. The van der Waals surface area contributed by atoms with E-state index in [1.165, 1.54) is 6.20 Å². The maximum absolute atomic E-state index is 12.9. The minimum atomic E-state index is -4.47. The monoisotopic (exact) mass is 255 g/mol. The standard InChI is InChI=1S/C12H12F3N3/c1-7-2-5-18-8(6-7)9(11(16)3-4-11)17-10(18)12(13,14)15/h2,5-6H,3-4,16H2,1H3. The van der Waals surface area contributed by atoms with Crippen LogP contribution in [0.3, 0.4) is 0 Å². The summed E-state index contributed by atoms with van der Waals surface area (Å²) in [6.07, 6.45) is -1.70. The Hall–Kier alpha value is -1.56. The Balaban J connectivity index is 2.33. The van der Waals surface area contributed by atoms with Crippen molar-refractivity contribution in [1.29, 1.82) is 0 Å². The van der Waals surface area contributed by atoms with Crippen LogP contribution in [-0.2, 0) is 11.7 Å². The molecule has 1 aliphatic carbocycles. The van der Waals surface area contributed by atoms with Crippen molar-refractivity contribution in [3.63, 3.8) is 0 Å². The first kappa shape index (κ1) is 11.5. The van der Waals surface area contributed by atoms with E-state index < -0.39 is 17.5 Å². The van der Waals surface area contributed by atoms with Gasteiger partial charge in [-0.1, -0.05) is 0 Å². The molecule has 0 spiro atoms. The van der Waals surface area contributed by atoms with E-state index in [0.29, 0.717) is 24.1 Å². The highest BCUT2D eigenvalue weighted by atomic mass is 19.4. The zero-order valence-corrected chi connectivity index (χ0v) is 9.75. The Labute approximate surface area is 101 Å². The van der Waals surface area contributed by atoms with Crippen LogP contribution in [0.1, 0.15) is 29.9 Å². The maximum Gasteiger partial charge on any atom is 0.450 e. The fourth-order valence-electron chi connectivity index (χ4n) is 2.13. The number of aryl methyl sites for hydroxylation is 1. The molecule has 2 aromatic rings. The molecule has 3 nitrogen and oxygen atoms in total. The number of halogens is 3. The summed E-state index contributed by atoms with van der Waals surface area (Å²) in [5.74, 6) is -0.899. The molecular formula is C12H12F3N3. The van der Waals surface area contributed by atoms with Gasteiger partial charge in [0.15, 0.2) is 0 Å². The third kappa shape index (κ3) is 1.59. The quantitative estimate of drug-likeness (QED) is 0.851. The Morgan fingerprint density at radius 3 is 2.61 bits per heavy atom. The fraction of sp³-hybridized carbons (Fsp3) is 0.417.